The molecule has 0 radical (unpaired) electrons. The van der Waals surface area contributed by atoms with Gasteiger partial charge in [0.2, 0.25) is 0 Å². The van der Waals surface area contributed by atoms with Crippen LogP contribution in [0.1, 0.15) is 34.1 Å². The van der Waals surface area contributed by atoms with Crippen LogP contribution in [0.4, 0.5) is 0 Å². The number of alkyl halides is 1. The van der Waals surface area contributed by atoms with Crippen LogP contribution >= 0.6 is 19.8 Å². The van der Waals surface area contributed by atoms with Crippen molar-refractivity contribution in [1.29, 1.82) is 5.26 Å². The molecule has 8 heteroatoms. The van der Waals surface area contributed by atoms with E-state index in [4.69, 9.17) is 26.0 Å². The third-order valence-corrected chi connectivity index (χ3v) is 2.90. The number of nitriles is 1. The van der Waals surface area contributed by atoms with Crippen LogP contribution in [-0.2, 0) is 9.15 Å². The summed E-state index contributed by atoms with van der Waals surface area (Å²) >= 11 is 6.05. The van der Waals surface area contributed by atoms with Crippen LogP contribution < -0.4 is 0 Å². The number of halogens is 1. The molecule has 0 spiro atoms. The molecule has 0 aromatic carbocycles. The number of hydroxylamine groups is 2. The Hall–Kier alpha value is 0.0100. The van der Waals surface area contributed by atoms with Crippen molar-refractivity contribution >= 4 is 19.8 Å². The van der Waals surface area contributed by atoms with E-state index in [1.165, 1.54) is 5.06 Å². The van der Waals surface area contributed by atoms with E-state index in [2.05, 4.69) is 0 Å². The maximum atomic E-state index is 9.56. The van der Waals surface area contributed by atoms with Crippen LogP contribution in [-0.4, -0.2) is 32.5 Å². The van der Waals surface area contributed by atoms with Crippen LogP contribution in [0.25, 0.3) is 0 Å². The van der Waals surface area contributed by atoms with Crippen molar-refractivity contribution < 1.29 is 18.9 Å². The van der Waals surface area contributed by atoms with E-state index in [9.17, 15) is 9.79 Å². The van der Waals surface area contributed by atoms with Crippen LogP contribution in [0.2, 0.25) is 0 Å². The predicted molar refractivity (Wildman–Crippen MR) is 66.9 cm³/mol. The van der Waals surface area contributed by atoms with Crippen molar-refractivity contribution in [3.63, 3.8) is 0 Å². The second-order valence-electron chi connectivity index (χ2n) is 4.23. The van der Waals surface area contributed by atoms with Crippen LogP contribution in [0.15, 0.2) is 0 Å². The summed E-state index contributed by atoms with van der Waals surface area (Å²) in [6.45, 7) is 6.82. The number of hydrogen-bond donors (Lipinski definition) is 2. The average Bonchev–Trinajstić information content (AvgIpc) is 2.12. The Balaban J connectivity index is 4.49. The summed E-state index contributed by atoms with van der Waals surface area (Å²) in [5.41, 5.74) is 0. The number of rotatable bonds is 7. The molecule has 0 saturated carbocycles. The summed E-state index contributed by atoms with van der Waals surface area (Å²) in [4.78, 5) is 18.2. The van der Waals surface area contributed by atoms with Crippen molar-refractivity contribution in [3.8, 4) is 6.07 Å². The molecule has 0 aromatic heterocycles. The molecule has 17 heavy (non-hydrogen) atoms. The Morgan fingerprint density at radius 3 is 2.35 bits per heavy atom. The molecule has 0 amide bonds. The second kappa shape index (κ2) is 6.81. The molecule has 6 nitrogen and oxygen atoms in total. The zero-order valence-electron chi connectivity index (χ0n) is 10.5. The third kappa shape index (κ3) is 7.12. The topological polar surface area (TPSA) is 86.0 Å². The average molecular weight is 287 g/mol. The molecule has 0 aliphatic rings. The fourth-order valence-electron chi connectivity index (χ4n) is 1.21. The van der Waals surface area contributed by atoms with Gasteiger partial charge in [-0.05, 0) is 0 Å². The fourth-order valence-corrected chi connectivity index (χ4v) is 2.62. The van der Waals surface area contributed by atoms with E-state index in [-0.39, 0.29) is 19.1 Å². The van der Waals surface area contributed by atoms with Gasteiger partial charge in [0.1, 0.15) is 0 Å². The first kappa shape index (κ1) is 17.0. The molecule has 0 aromatic rings. The molecule has 0 unspecified atom stereocenters. The van der Waals surface area contributed by atoms with Crippen LogP contribution in [0.3, 0.4) is 0 Å². The van der Waals surface area contributed by atoms with Gasteiger partial charge in [-0.3, -0.25) is 0 Å². The van der Waals surface area contributed by atoms with Crippen molar-refractivity contribution in [3.05, 3.63) is 0 Å². The first-order valence-corrected chi connectivity index (χ1v) is 7.32. The Morgan fingerprint density at radius 1 is 1.47 bits per heavy atom. The first-order valence-electron chi connectivity index (χ1n) is 5.23. The molecule has 102 valence electrons. The van der Waals surface area contributed by atoms with Gasteiger partial charge in [-0.1, -0.05) is 0 Å². The Morgan fingerprint density at radius 2 is 2.00 bits per heavy atom. The molecule has 0 aliphatic carbocycles. The molecule has 0 rings (SSSR count). The number of hydrogen-bond acceptors (Lipinski definition) is 6. The van der Waals surface area contributed by atoms with Crippen molar-refractivity contribution in [2.75, 3.05) is 6.61 Å². The Bertz CT molecular complexity index is 275. The summed E-state index contributed by atoms with van der Waals surface area (Å²) in [5, 5.41) is 9.57. The summed E-state index contributed by atoms with van der Waals surface area (Å²) in [7, 11) is -4.29. The normalized spacial score (nSPS) is 14.1. The van der Waals surface area contributed by atoms with Gasteiger partial charge in [-0.25, -0.2) is 0 Å². The zero-order chi connectivity index (χ0) is 13.7. The van der Waals surface area contributed by atoms with E-state index in [1.54, 1.807) is 27.7 Å². The van der Waals surface area contributed by atoms with Gasteiger partial charge >= 0.3 is 107 Å². The monoisotopic (exact) mass is 286 g/mol. The Kier molecular flexibility index (Phi) is 6.82. The van der Waals surface area contributed by atoms with Gasteiger partial charge in [0.05, 0.1) is 0 Å². The molecule has 0 heterocycles. The van der Waals surface area contributed by atoms with E-state index in [0.717, 1.165) is 0 Å². The summed E-state index contributed by atoms with van der Waals surface area (Å²) in [6.07, 6.45) is 0.0607. The second-order valence-corrected chi connectivity index (χ2v) is 6.72. The van der Waals surface area contributed by atoms with Crippen LogP contribution in [0.5, 0.6) is 0 Å². The molecule has 0 bridgehead atoms. The Labute approximate surface area is 107 Å². The summed E-state index contributed by atoms with van der Waals surface area (Å²) in [5.74, 6) is 0. The van der Waals surface area contributed by atoms with Gasteiger partial charge in [0.25, 0.3) is 0 Å². The molecule has 0 fully saturated rings. The first-order chi connectivity index (χ1) is 7.60. The van der Waals surface area contributed by atoms with Crippen molar-refractivity contribution in [1.82, 2.24) is 5.06 Å². The third-order valence-electron chi connectivity index (χ3n) is 1.71. The summed E-state index contributed by atoms with van der Waals surface area (Å²) in [6, 6.07) is 1.67. The van der Waals surface area contributed by atoms with E-state index in [0.29, 0.717) is 0 Å². The van der Waals surface area contributed by atoms with Crippen LogP contribution in [0, 0.1) is 11.3 Å². The molecule has 2 N–H and O–H groups in total. The van der Waals surface area contributed by atoms with Gasteiger partial charge in [0, 0.05) is 0 Å². The molecular weight excluding hydrogens is 267 g/mol. The molecular formula is C9H20ClN2O4P. The van der Waals surface area contributed by atoms with Gasteiger partial charge < -0.3 is 0 Å². The zero-order valence-corrected chi connectivity index (χ0v) is 12.2. The quantitative estimate of drug-likeness (QED) is 0.244. The standard InChI is InChI=1S/C9H20ClN2O4P/c1-8(2)12(9(3,4)10)16-17(13,14)15-7-5-6-11/h8,13-14,17H,5,7H2,1-4H3. The minimum absolute atomic E-state index is 0.0607. The van der Waals surface area contributed by atoms with E-state index in [1.807, 2.05) is 6.07 Å². The van der Waals surface area contributed by atoms with E-state index < -0.39 is 13.2 Å². The van der Waals surface area contributed by atoms with Gasteiger partial charge in [-0.15, -0.1) is 0 Å². The van der Waals surface area contributed by atoms with Gasteiger partial charge in [-0.2, -0.15) is 0 Å². The van der Waals surface area contributed by atoms with E-state index >= 15 is 0 Å². The fraction of sp³-hybridized carbons (Fsp3) is 0.889. The summed E-state index contributed by atoms with van der Waals surface area (Å²) < 4.78 is 9.78. The minimum atomic E-state index is -4.29. The van der Waals surface area contributed by atoms with Crippen molar-refractivity contribution in [2.24, 2.45) is 0 Å². The predicted octanol–water partition coefficient (Wildman–Crippen LogP) is 1.93. The number of nitrogens with zero attached hydrogens (tertiary/aromatic N) is 2. The SMILES string of the molecule is CC(C)N(O[PH](O)(O)OCCC#N)C(C)(C)Cl. The van der Waals surface area contributed by atoms with Gasteiger partial charge in [0.15, 0.2) is 0 Å². The maximum absolute atomic E-state index is 9.56. The van der Waals surface area contributed by atoms with Crippen molar-refractivity contribution in [2.45, 2.75) is 45.2 Å². The molecule has 0 atom stereocenters. The molecule has 0 aliphatic heterocycles. The molecule has 0 saturated heterocycles.